The van der Waals surface area contributed by atoms with Crippen LogP contribution in [0.2, 0.25) is 0 Å². The molecule has 1 aliphatic rings. The Bertz CT molecular complexity index is 924. The first-order valence-corrected chi connectivity index (χ1v) is 8.32. The van der Waals surface area contributed by atoms with Crippen molar-refractivity contribution in [3.8, 4) is 0 Å². The van der Waals surface area contributed by atoms with Gasteiger partial charge in [0.05, 0.1) is 12.3 Å². The monoisotopic (exact) mass is 447 g/mol. The van der Waals surface area contributed by atoms with Gasteiger partial charge in [-0.2, -0.15) is 4.98 Å². The van der Waals surface area contributed by atoms with Gasteiger partial charge in [-0.25, -0.2) is 10.1 Å². The fourth-order valence-electron chi connectivity index (χ4n) is 2.87. The molecule has 1 aromatic carbocycles. The van der Waals surface area contributed by atoms with E-state index in [1.54, 1.807) is 0 Å². The number of rotatable bonds is 5. The maximum absolute atomic E-state index is 12.9. The number of fused-ring (bicyclic) bond motifs is 1. The quantitative estimate of drug-likeness (QED) is 0.436. The molecule has 0 aliphatic carbocycles. The zero-order valence-corrected chi connectivity index (χ0v) is 17.0. The molecule has 2 aromatic rings. The molecular weight excluding hydrogens is 425 g/mol. The predicted octanol–water partition coefficient (Wildman–Crippen LogP) is 0.254. The normalized spacial score (nSPS) is 19.6. The number of anilines is 2. The van der Waals surface area contributed by atoms with Crippen molar-refractivity contribution in [2.45, 2.75) is 37.8 Å². The van der Waals surface area contributed by atoms with Crippen LogP contribution in [0.5, 0.6) is 0 Å². The lowest BCUT2D eigenvalue weighted by molar-refractivity contribution is -0.112. The molecule has 12 heteroatoms. The van der Waals surface area contributed by atoms with Crippen LogP contribution in [0, 0.1) is 0 Å². The number of nitrogen functional groups attached to an aromatic ring is 1. The maximum atomic E-state index is 12.9. The number of hydrogen-bond acceptors (Lipinski definition) is 9. The van der Waals surface area contributed by atoms with Gasteiger partial charge < -0.3 is 21.1 Å². The number of aliphatic imine (C=N–C) groups is 1. The van der Waals surface area contributed by atoms with Crippen molar-refractivity contribution in [2.75, 3.05) is 10.8 Å². The van der Waals surface area contributed by atoms with E-state index in [1.807, 2.05) is 30.3 Å². The summed E-state index contributed by atoms with van der Waals surface area (Å²) in [5.74, 6) is -0.292. The van der Waals surface area contributed by atoms with Crippen LogP contribution < -0.4 is 16.4 Å². The summed E-state index contributed by atoms with van der Waals surface area (Å²) in [5, 5.41) is 40.7. The number of nitrogens with zero attached hydrogens (tertiary/aromatic N) is 4. The van der Waals surface area contributed by atoms with E-state index < -0.39 is 29.2 Å². The number of aryl methyl sites for hydroxylation is 1. The van der Waals surface area contributed by atoms with E-state index in [9.17, 15) is 25.3 Å². The van der Waals surface area contributed by atoms with E-state index in [0.717, 1.165) is 16.3 Å². The minimum Gasteiger partial charge on any atom is -0.391 e. The summed E-state index contributed by atoms with van der Waals surface area (Å²) in [6.07, 6.45) is -1.94. The van der Waals surface area contributed by atoms with Crippen molar-refractivity contribution in [1.29, 1.82) is 0 Å². The number of hydrogen-bond donors (Lipinski definition) is 5. The Balaban J connectivity index is 0.00000210. The van der Waals surface area contributed by atoms with E-state index in [0.29, 0.717) is 6.42 Å². The van der Waals surface area contributed by atoms with E-state index in [4.69, 9.17) is 5.73 Å². The molecule has 0 saturated heterocycles. The van der Waals surface area contributed by atoms with Crippen LogP contribution >= 0.6 is 24.8 Å². The van der Waals surface area contributed by atoms with Gasteiger partial charge in [-0.3, -0.25) is 14.6 Å². The zero-order chi connectivity index (χ0) is 19.8. The van der Waals surface area contributed by atoms with Crippen LogP contribution in [0.1, 0.15) is 12.5 Å². The molecule has 29 heavy (non-hydrogen) atoms. The Kier molecular flexibility index (Phi) is 8.16. The zero-order valence-electron chi connectivity index (χ0n) is 15.4. The highest BCUT2D eigenvalue weighted by molar-refractivity contribution is 5.86. The Morgan fingerprint density at radius 1 is 1.21 bits per heavy atom. The van der Waals surface area contributed by atoms with Crippen LogP contribution in [0.3, 0.4) is 0 Å². The highest BCUT2D eigenvalue weighted by Gasteiger charge is 2.47. The summed E-state index contributed by atoms with van der Waals surface area (Å²) in [6, 6.07) is 9.41. The summed E-state index contributed by atoms with van der Waals surface area (Å²) >= 11 is 0. The molecule has 1 aromatic heterocycles. The van der Waals surface area contributed by atoms with Crippen LogP contribution in [-0.4, -0.2) is 54.2 Å². The molecule has 3 atom stereocenters. The number of aromatic nitrogens is 2. The van der Waals surface area contributed by atoms with E-state index in [2.05, 4.69) is 9.98 Å². The average Bonchev–Trinajstić information content (AvgIpc) is 2.64. The van der Waals surface area contributed by atoms with Gasteiger partial charge in [0.15, 0.2) is 11.5 Å². The number of aliphatic hydroxyl groups is 3. The smallest absolute Gasteiger partial charge is 0.283 e. The van der Waals surface area contributed by atoms with Crippen molar-refractivity contribution in [3.05, 3.63) is 46.2 Å². The van der Waals surface area contributed by atoms with Crippen molar-refractivity contribution >= 4 is 48.5 Å². The van der Waals surface area contributed by atoms with Crippen LogP contribution in [0.4, 0.5) is 17.5 Å². The molecule has 3 rings (SSSR count). The lowest BCUT2D eigenvalue weighted by atomic mass is 10.0. The van der Waals surface area contributed by atoms with Crippen molar-refractivity contribution < 1.29 is 20.5 Å². The number of aliphatic hydroxyl groups excluding tert-OH is 2. The largest absolute Gasteiger partial charge is 0.391 e. The highest BCUT2D eigenvalue weighted by atomic mass is 35.5. The molecule has 3 unspecified atom stereocenters. The minimum atomic E-state index is -2.49. The van der Waals surface area contributed by atoms with E-state index >= 15 is 0 Å². The average molecular weight is 448 g/mol. The second-order valence-corrected chi connectivity index (χ2v) is 6.37. The summed E-state index contributed by atoms with van der Waals surface area (Å²) in [4.78, 5) is 20.7. The van der Waals surface area contributed by atoms with Gasteiger partial charge in [0.1, 0.15) is 6.10 Å². The maximum Gasteiger partial charge on any atom is 0.283 e. The van der Waals surface area contributed by atoms with Crippen LogP contribution in [0.25, 0.3) is 0 Å². The summed E-state index contributed by atoms with van der Waals surface area (Å²) in [5.41, 5.74) is 3.16. The number of benzene rings is 1. The number of nitrogens with two attached hydrogens (primary N) is 1. The third-order valence-electron chi connectivity index (χ3n) is 4.44. The molecule has 160 valence electrons. The molecule has 10 nitrogen and oxygen atoms in total. The molecule has 1 aliphatic heterocycles. The van der Waals surface area contributed by atoms with Gasteiger partial charge >= 0.3 is 0 Å². The standard InChI is InChI=1S/C17H21N5O5.2ClH/c1-10(23)13(24)17(26)9-19-14-12(22(17)27)15(25)21(16(18)20-14)8-7-11-5-3-2-4-6-11;;/h2-6,9-10,13,23-24,26-27H,7-8H2,1H3,(H2,18,20);2*1H. The molecule has 6 N–H and O–H groups in total. The first-order valence-electron chi connectivity index (χ1n) is 8.32. The molecular formula is C17H23Cl2N5O5. The fraction of sp³-hybridized carbons (Fsp3) is 0.353. The molecule has 0 spiro atoms. The first-order chi connectivity index (χ1) is 12.8. The second-order valence-electron chi connectivity index (χ2n) is 6.37. The molecule has 0 amide bonds. The number of halogens is 2. The number of hydroxylamine groups is 1. The van der Waals surface area contributed by atoms with Gasteiger partial charge in [-0.1, -0.05) is 30.3 Å². The van der Waals surface area contributed by atoms with Gasteiger partial charge in [-0.05, 0) is 18.9 Å². The molecule has 0 bridgehead atoms. The molecule has 2 heterocycles. The fourth-order valence-corrected chi connectivity index (χ4v) is 2.87. The Morgan fingerprint density at radius 2 is 1.83 bits per heavy atom. The van der Waals surface area contributed by atoms with E-state index in [1.165, 1.54) is 6.92 Å². The van der Waals surface area contributed by atoms with Gasteiger partial charge in [0.2, 0.25) is 11.7 Å². The van der Waals surface area contributed by atoms with Crippen molar-refractivity contribution in [2.24, 2.45) is 4.99 Å². The van der Waals surface area contributed by atoms with Crippen LogP contribution in [0.15, 0.2) is 40.1 Å². The first kappa shape index (κ1) is 24.8. The third-order valence-corrected chi connectivity index (χ3v) is 4.44. The van der Waals surface area contributed by atoms with Crippen molar-refractivity contribution in [1.82, 2.24) is 9.55 Å². The topological polar surface area (TPSA) is 157 Å². The van der Waals surface area contributed by atoms with Gasteiger partial charge in [0, 0.05) is 6.54 Å². The van der Waals surface area contributed by atoms with Gasteiger partial charge in [-0.15, -0.1) is 24.8 Å². The highest BCUT2D eigenvalue weighted by Crippen LogP contribution is 2.33. The third kappa shape index (κ3) is 4.53. The van der Waals surface area contributed by atoms with Crippen LogP contribution in [-0.2, 0) is 13.0 Å². The molecule has 0 fully saturated rings. The second kappa shape index (κ2) is 9.53. The predicted molar refractivity (Wildman–Crippen MR) is 113 cm³/mol. The minimum absolute atomic E-state index is 0. The Labute approximate surface area is 178 Å². The molecule has 0 saturated carbocycles. The van der Waals surface area contributed by atoms with E-state index in [-0.39, 0.29) is 48.2 Å². The van der Waals surface area contributed by atoms with Gasteiger partial charge in [0.25, 0.3) is 5.56 Å². The van der Waals surface area contributed by atoms with Crippen molar-refractivity contribution in [3.63, 3.8) is 0 Å². The summed E-state index contributed by atoms with van der Waals surface area (Å²) in [7, 11) is 0. The molecule has 0 radical (unpaired) electrons. The Hall–Kier alpha value is -2.21. The SMILES string of the molecule is CC(O)C(O)C1(O)C=Nc2nc(N)n(CCc3ccccc3)c(=O)c2N1O.Cl.Cl. The summed E-state index contributed by atoms with van der Waals surface area (Å²) < 4.78 is 1.14. The lowest BCUT2D eigenvalue weighted by Crippen LogP contribution is -2.62. The lowest BCUT2D eigenvalue weighted by Gasteiger charge is -2.39. The Morgan fingerprint density at radius 3 is 2.41 bits per heavy atom. The summed E-state index contributed by atoms with van der Waals surface area (Å²) in [6.45, 7) is 1.41.